The van der Waals surface area contributed by atoms with Crippen molar-refractivity contribution in [3.63, 3.8) is 0 Å². The lowest BCUT2D eigenvalue weighted by Gasteiger charge is -2.13. The molecule has 8 heteroatoms. The molecule has 3 aromatic carbocycles. The zero-order valence-corrected chi connectivity index (χ0v) is 18.9. The van der Waals surface area contributed by atoms with E-state index in [-0.39, 0.29) is 29.9 Å². The molecule has 1 fully saturated rings. The molecule has 0 N–H and O–H groups in total. The summed E-state index contributed by atoms with van der Waals surface area (Å²) in [7, 11) is 0. The summed E-state index contributed by atoms with van der Waals surface area (Å²) >= 11 is 13.0. The topological polar surface area (TPSA) is 46.6 Å². The Balaban J connectivity index is 1.43. The van der Waals surface area contributed by atoms with Crippen LogP contribution in [0, 0.1) is 5.82 Å². The van der Waals surface area contributed by atoms with Crippen LogP contribution >= 0.6 is 35.0 Å². The Morgan fingerprint density at radius 2 is 1.66 bits per heavy atom. The molecule has 1 aliphatic rings. The number of benzene rings is 3. The molecule has 0 aliphatic carbocycles. The maximum atomic E-state index is 13.9. The Morgan fingerprint density at radius 3 is 2.38 bits per heavy atom. The van der Waals surface area contributed by atoms with Crippen LogP contribution in [0.2, 0.25) is 10.0 Å². The summed E-state index contributed by atoms with van der Waals surface area (Å²) in [5.74, 6) is -0.274. The Hall–Kier alpha value is -2.80. The molecular formula is C24H16Cl2FNO3S. The molecule has 0 atom stereocenters. The number of thioether (sulfide) groups is 1. The average molecular weight is 488 g/mol. The molecule has 1 heterocycles. The van der Waals surface area contributed by atoms with Crippen molar-refractivity contribution in [3.8, 4) is 5.75 Å². The summed E-state index contributed by atoms with van der Waals surface area (Å²) in [5, 5.41) is 0.458. The van der Waals surface area contributed by atoms with Gasteiger partial charge in [0.2, 0.25) is 0 Å². The summed E-state index contributed by atoms with van der Waals surface area (Å²) in [6.45, 7) is 0.110. The first-order valence-electron chi connectivity index (χ1n) is 9.57. The van der Waals surface area contributed by atoms with E-state index in [1.54, 1.807) is 60.7 Å². The van der Waals surface area contributed by atoms with Gasteiger partial charge in [0, 0.05) is 10.6 Å². The third kappa shape index (κ3) is 4.99. The molecule has 1 aliphatic heterocycles. The molecule has 2 amide bonds. The molecule has 0 bridgehead atoms. The fraction of sp³-hybridized carbons (Fsp3) is 0.0833. The van der Waals surface area contributed by atoms with Crippen molar-refractivity contribution in [2.45, 2.75) is 13.2 Å². The van der Waals surface area contributed by atoms with Gasteiger partial charge in [-0.3, -0.25) is 14.5 Å². The van der Waals surface area contributed by atoms with E-state index in [2.05, 4.69) is 0 Å². The quantitative estimate of drug-likeness (QED) is 0.353. The summed E-state index contributed by atoms with van der Waals surface area (Å²) < 4.78 is 19.5. The van der Waals surface area contributed by atoms with Crippen LogP contribution in [0.3, 0.4) is 0 Å². The summed E-state index contributed by atoms with van der Waals surface area (Å²) in [6.07, 6.45) is 1.65. The van der Waals surface area contributed by atoms with Gasteiger partial charge in [-0.25, -0.2) is 4.39 Å². The van der Waals surface area contributed by atoms with E-state index >= 15 is 0 Å². The number of carbonyl (C=O) groups is 2. The van der Waals surface area contributed by atoms with Gasteiger partial charge in [-0.1, -0.05) is 59.6 Å². The number of hydrogen-bond acceptors (Lipinski definition) is 4. The van der Waals surface area contributed by atoms with E-state index < -0.39 is 5.82 Å². The van der Waals surface area contributed by atoms with Gasteiger partial charge >= 0.3 is 0 Å². The van der Waals surface area contributed by atoms with Crippen molar-refractivity contribution >= 4 is 52.2 Å². The molecule has 32 heavy (non-hydrogen) atoms. The third-order valence-corrected chi connectivity index (χ3v) is 6.41. The highest BCUT2D eigenvalue weighted by Gasteiger charge is 2.35. The Kier molecular flexibility index (Phi) is 6.84. The first-order valence-corrected chi connectivity index (χ1v) is 11.1. The lowest BCUT2D eigenvalue weighted by atomic mass is 10.2. The predicted molar refractivity (Wildman–Crippen MR) is 125 cm³/mol. The largest absolute Gasteiger partial charge is 0.489 e. The first-order chi connectivity index (χ1) is 15.4. The van der Waals surface area contributed by atoms with Crippen LogP contribution in [0.5, 0.6) is 5.75 Å². The number of ether oxygens (including phenoxy) is 1. The van der Waals surface area contributed by atoms with Crippen molar-refractivity contribution in [2.75, 3.05) is 0 Å². The molecular weight excluding hydrogens is 472 g/mol. The van der Waals surface area contributed by atoms with Gasteiger partial charge < -0.3 is 4.74 Å². The van der Waals surface area contributed by atoms with E-state index in [0.717, 1.165) is 17.3 Å². The summed E-state index contributed by atoms with van der Waals surface area (Å²) in [6, 6.07) is 18.5. The van der Waals surface area contributed by atoms with Crippen LogP contribution in [0.4, 0.5) is 9.18 Å². The van der Waals surface area contributed by atoms with E-state index in [9.17, 15) is 14.0 Å². The maximum absolute atomic E-state index is 13.9. The molecule has 162 valence electrons. The number of imide groups is 1. The molecule has 0 radical (unpaired) electrons. The third-order valence-electron chi connectivity index (χ3n) is 4.78. The summed E-state index contributed by atoms with van der Waals surface area (Å²) in [5.41, 5.74) is 1.71. The standard InChI is InChI=1S/C24H16Cl2FNO3S/c25-19-5-2-1-4-16(19)13-28-23(29)22(32-24(28)30)12-15-8-10-17(11-9-15)31-14-18-20(26)6-3-7-21(18)27/h1-12H,13-14H2/b22-12-. The van der Waals surface area contributed by atoms with Crippen LogP contribution in [0.1, 0.15) is 16.7 Å². The van der Waals surface area contributed by atoms with Gasteiger partial charge in [0.1, 0.15) is 18.2 Å². The molecule has 0 spiro atoms. The Labute approximate surface area is 198 Å². The Morgan fingerprint density at radius 1 is 0.938 bits per heavy atom. The molecule has 0 aromatic heterocycles. The second-order valence-electron chi connectivity index (χ2n) is 6.92. The van der Waals surface area contributed by atoms with E-state index in [1.165, 1.54) is 17.0 Å². The highest BCUT2D eigenvalue weighted by Crippen LogP contribution is 2.34. The average Bonchev–Trinajstić information content (AvgIpc) is 3.03. The van der Waals surface area contributed by atoms with Crippen LogP contribution in [0.15, 0.2) is 71.6 Å². The normalized spacial score (nSPS) is 15.0. The van der Waals surface area contributed by atoms with Crippen LogP contribution < -0.4 is 4.74 Å². The van der Waals surface area contributed by atoms with Crippen LogP contribution in [-0.4, -0.2) is 16.0 Å². The zero-order valence-electron chi connectivity index (χ0n) is 16.6. The van der Waals surface area contributed by atoms with Crippen molar-refractivity contribution in [1.29, 1.82) is 0 Å². The Bertz CT molecular complexity index is 1190. The van der Waals surface area contributed by atoms with Crippen LogP contribution in [-0.2, 0) is 17.9 Å². The minimum Gasteiger partial charge on any atom is -0.489 e. The minimum absolute atomic E-state index is 0.00815. The lowest BCUT2D eigenvalue weighted by Crippen LogP contribution is -2.27. The highest BCUT2D eigenvalue weighted by atomic mass is 35.5. The van der Waals surface area contributed by atoms with Gasteiger partial charge in [0.25, 0.3) is 11.1 Å². The molecule has 1 saturated heterocycles. The van der Waals surface area contributed by atoms with Crippen LogP contribution in [0.25, 0.3) is 6.08 Å². The zero-order chi connectivity index (χ0) is 22.7. The predicted octanol–water partition coefficient (Wildman–Crippen LogP) is 6.95. The number of carbonyl (C=O) groups excluding carboxylic acids is 2. The van der Waals surface area contributed by atoms with Gasteiger partial charge in [-0.15, -0.1) is 0 Å². The number of halogens is 3. The molecule has 0 saturated carbocycles. The van der Waals surface area contributed by atoms with E-state index in [0.29, 0.717) is 26.3 Å². The SMILES string of the molecule is O=C1S/C(=C\c2ccc(OCc3c(F)cccc3Cl)cc2)C(=O)N1Cc1ccccc1Cl. The van der Waals surface area contributed by atoms with E-state index in [4.69, 9.17) is 27.9 Å². The fourth-order valence-electron chi connectivity index (χ4n) is 3.07. The number of rotatable bonds is 6. The first kappa shape index (κ1) is 22.4. The van der Waals surface area contributed by atoms with Gasteiger partial charge in [0.15, 0.2) is 0 Å². The maximum Gasteiger partial charge on any atom is 0.293 e. The molecule has 4 nitrogen and oxygen atoms in total. The molecule has 0 unspecified atom stereocenters. The number of hydrogen-bond donors (Lipinski definition) is 0. The van der Waals surface area contributed by atoms with Crippen molar-refractivity contribution < 1.29 is 18.7 Å². The number of amides is 2. The molecule has 3 aromatic rings. The van der Waals surface area contributed by atoms with Gasteiger partial charge in [-0.2, -0.15) is 0 Å². The van der Waals surface area contributed by atoms with Crippen molar-refractivity contribution in [2.24, 2.45) is 0 Å². The second kappa shape index (κ2) is 9.77. The minimum atomic E-state index is -0.429. The number of nitrogens with zero attached hydrogens (tertiary/aromatic N) is 1. The lowest BCUT2D eigenvalue weighted by molar-refractivity contribution is -0.123. The highest BCUT2D eigenvalue weighted by molar-refractivity contribution is 8.18. The fourth-order valence-corrected chi connectivity index (χ4v) is 4.32. The second-order valence-corrected chi connectivity index (χ2v) is 8.72. The summed E-state index contributed by atoms with van der Waals surface area (Å²) in [4.78, 5) is 26.6. The smallest absolute Gasteiger partial charge is 0.293 e. The monoisotopic (exact) mass is 487 g/mol. The molecule has 4 rings (SSSR count). The van der Waals surface area contributed by atoms with Crippen molar-refractivity contribution in [1.82, 2.24) is 4.90 Å². The van der Waals surface area contributed by atoms with Gasteiger partial charge in [0.05, 0.1) is 16.5 Å². The van der Waals surface area contributed by atoms with E-state index in [1.807, 2.05) is 0 Å². The van der Waals surface area contributed by atoms with Gasteiger partial charge in [-0.05, 0) is 59.3 Å². The van der Waals surface area contributed by atoms with Crippen molar-refractivity contribution in [3.05, 3.63) is 104 Å².